The normalized spacial score (nSPS) is 6.58. The summed E-state index contributed by atoms with van der Waals surface area (Å²) >= 11 is 1.56. The van der Waals surface area contributed by atoms with E-state index in [4.69, 9.17) is 0 Å². The van der Waals surface area contributed by atoms with Crippen molar-refractivity contribution >= 4 is 41.3 Å². The molecule has 0 atom stereocenters. The third-order valence-electron chi connectivity index (χ3n) is 1.04. The fourth-order valence-electron chi connectivity index (χ4n) is 0.590. The zero-order valence-electron chi connectivity index (χ0n) is 6.02. The summed E-state index contributed by atoms with van der Waals surface area (Å²) in [5.41, 5.74) is 0.775. The standard InChI is InChI=1S/C7H5O.3ClH.Ti/c8-6-7-4-2-1-3-5-7;;;;/h1-5H;3*1H;. The van der Waals surface area contributed by atoms with Crippen LogP contribution in [0.4, 0.5) is 0 Å². The first kappa shape index (κ1) is 18.3. The molecule has 1 aromatic rings. The zero-order valence-corrected chi connectivity index (χ0v) is 10.0. The van der Waals surface area contributed by atoms with Crippen molar-refractivity contribution in [2.75, 3.05) is 0 Å². The van der Waals surface area contributed by atoms with Crippen LogP contribution in [0.15, 0.2) is 30.3 Å². The first-order chi connectivity index (χ1) is 4.30. The van der Waals surface area contributed by atoms with E-state index in [1.807, 2.05) is 30.3 Å². The molecule has 0 amide bonds. The van der Waals surface area contributed by atoms with Crippen molar-refractivity contribution in [2.45, 2.75) is 0 Å². The molecule has 0 fully saturated rings. The predicted molar refractivity (Wildman–Crippen MR) is 52.5 cm³/mol. The maximum absolute atomic E-state index is 10.6. The summed E-state index contributed by atoms with van der Waals surface area (Å²) in [6, 6.07) is 9.23. The second-order valence-corrected chi connectivity index (χ2v) is 2.40. The fraction of sp³-hybridized carbons (Fsp3) is 0. The Morgan fingerprint density at radius 3 is 1.67 bits per heavy atom. The number of halogens is 3. The molecule has 5 heteroatoms. The van der Waals surface area contributed by atoms with Gasteiger partial charge in [0.05, 0.1) is 0 Å². The molecular formula is C7H8Cl3OTi. The molecule has 0 bridgehead atoms. The van der Waals surface area contributed by atoms with E-state index < -0.39 is 0 Å². The molecule has 67 valence electrons. The first-order valence-corrected chi connectivity index (χ1v) is 3.40. The van der Waals surface area contributed by atoms with Gasteiger partial charge in [-0.15, -0.1) is 37.2 Å². The summed E-state index contributed by atoms with van der Waals surface area (Å²) in [4.78, 5) is 10.6. The monoisotopic (exact) mass is 261 g/mol. The fourth-order valence-corrected chi connectivity index (χ4v) is 0.850. The molecular weight excluding hydrogens is 254 g/mol. The van der Waals surface area contributed by atoms with Crippen molar-refractivity contribution in [2.24, 2.45) is 0 Å². The van der Waals surface area contributed by atoms with Crippen LogP contribution in [0.3, 0.4) is 0 Å². The molecule has 0 saturated heterocycles. The van der Waals surface area contributed by atoms with Gasteiger partial charge in [-0.2, -0.15) is 0 Å². The third-order valence-corrected chi connectivity index (χ3v) is 1.49. The van der Waals surface area contributed by atoms with Crippen LogP contribution < -0.4 is 0 Å². The summed E-state index contributed by atoms with van der Waals surface area (Å²) in [5, 5.41) is 0. The van der Waals surface area contributed by atoms with Crippen molar-refractivity contribution < 1.29 is 25.2 Å². The molecule has 1 nitrogen and oxygen atoms in total. The van der Waals surface area contributed by atoms with Crippen molar-refractivity contribution in [3.63, 3.8) is 0 Å². The van der Waals surface area contributed by atoms with Crippen molar-refractivity contribution in [3.05, 3.63) is 35.9 Å². The number of carbonyl (C=O) groups excluding carboxylic acids is 1. The Bertz CT molecular complexity index is 215. The third kappa shape index (κ3) is 6.04. The molecule has 0 aromatic heterocycles. The second-order valence-electron chi connectivity index (χ2n) is 1.70. The van der Waals surface area contributed by atoms with Gasteiger partial charge < -0.3 is 0 Å². The molecule has 0 unspecified atom stereocenters. The maximum atomic E-state index is 10.6. The van der Waals surface area contributed by atoms with E-state index in [9.17, 15) is 4.79 Å². The number of hydrogen-bond donors (Lipinski definition) is 0. The quantitative estimate of drug-likeness (QED) is 0.711. The van der Waals surface area contributed by atoms with Crippen LogP contribution in [-0.4, -0.2) is 4.09 Å². The van der Waals surface area contributed by atoms with Gasteiger partial charge in [0.15, 0.2) is 0 Å². The molecule has 12 heavy (non-hydrogen) atoms. The van der Waals surface area contributed by atoms with Gasteiger partial charge >= 0.3 is 65.2 Å². The van der Waals surface area contributed by atoms with Crippen molar-refractivity contribution in [1.82, 2.24) is 0 Å². The van der Waals surface area contributed by atoms with Crippen LogP contribution in [0.2, 0.25) is 0 Å². The van der Waals surface area contributed by atoms with Crippen LogP contribution >= 0.6 is 37.2 Å². The number of hydrogen-bond acceptors (Lipinski definition) is 1. The number of rotatable bonds is 1. The Labute approximate surface area is 102 Å². The molecule has 0 aliphatic rings. The summed E-state index contributed by atoms with van der Waals surface area (Å²) in [5.74, 6) is 0. The van der Waals surface area contributed by atoms with E-state index in [0.717, 1.165) is 5.56 Å². The zero-order chi connectivity index (χ0) is 6.69. The van der Waals surface area contributed by atoms with Crippen LogP contribution in [0.5, 0.6) is 0 Å². The van der Waals surface area contributed by atoms with Gasteiger partial charge in [-0.1, -0.05) is 0 Å². The van der Waals surface area contributed by atoms with Gasteiger partial charge in [-0.3, -0.25) is 0 Å². The van der Waals surface area contributed by atoms with E-state index in [0.29, 0.717) is 0 Å². The van der Waals surface area contributed by atoms with Crippen LogP contribution in [0, 0.1) is 0 Å². The molecule has 0 N–H and O–H groups in total. The molecule has 1 rings (SSSR count). The Morgan fingerprint density at radius 1 is 1.00 bits per heavy atom. The minimum absolute atomic E-state index is 0. The molecule has 0 aliphatic heterocycles. The Hall–Kier alpha value is 0.474. The molecule has 0 radical (unpaired) electrons. The van der Waals surface area contributed by atoms with Crippen LogP contribution in [0.25, 0.3) is 0 Å². The molecule has 0 heterocycles. The Balaban J connectivity index is -0.000000270. The van der Waals surface area contributed by atoms with Crippen LogP contribution in [0.1, 0.15) is 10.4 Å². The first-order valence-electron chi connectivity index (χ1n) is 2.61. The van der Waals surface area contributed by atoms with Crippen molar-refractivity contribution in [1.29, 1.82) is 0 Å². The second kappa shape index (κ2) is 9.56. The Morgan fingerprint density at radius 2 is 1.42 bits per heavy atom. The minimum atomic E-state index is 0. The van der Waals surface area contributed by atoms with Gasteiger partial charge in [0.1, 0.15) is 0 Å². The Kier molecular flexibility index (Phi) is 14.6. The van der Waals surface area contributed by atoms with E-state index in [-0.39, 0.29) is 41.3 Å². The SMILES string of the molecule is Cl.Cl.Cl.O=[C]([Ti])c1ccccc1. The van der Waals surface area contributed by atoms with E-state index in [1.165, 1.54) is 0 Å². The van der Waals surface area contributed by atoms with Gasteiger partial charge in [-0.25, -0.2) is 0 Å². The number of carbonyl (C=O) groups is 1. The van der Waals surface area contributed by atoms with Gasteiger partial charge in [-0.05, 0) is 0 Å². The summed E-state index contributed by atoms with van der Waals surface area (Å²) in [7, 11) is 0. The molecule has 0 spiro atoms. The van der Waals surface area contributed by atoms with Crippen molar-refractivity contribution in [3.8, 4) is 0 Å². The van der Waals surface area contributed by atoms with E-state index >= 15 is 0 Å². The number of benzene rings is 1. The van der Waals surface area contributed by atoms with E-state index in [2.05, 4.69) is 0 Å². The van der Waals surface area contributed by atoms with Gasteiger partial charge in [0.2, 0.25) is 0 Å². The molecule has 0 saturated carbocycles. The van der Waals surface area contributed by atoms with E-state index in [1.54, 1.807) is 20.4 Å². The van der Waals surface area contributed by atoms with Gasteiger partial charge in [0.25, 0.3) is 0 Å². The topological polar surface area (TPSA) is 17.1 Å². The predicted octanol–water partition coefficient (Wildman–Crippen LogP) is 2.64. The van der Waals surface area contributed by atoms with Crippen LogP contribution in [-0.2, 0) is 20.4 Å². The summed E-state index contributed by atoms with van der Waals surface area (Å²) in [6.07, 6.45) is 0. The average molecular weight is 262 g/mol. The molecule has 0 aliphatic carbocycles. The van der Waals surface area contributed by atoms with Gasteiger partial charge in [0, 0.05) is 0 Å². The average Bonchev–Trinajstić information content (AvgIpc) is 1.90. The summed E-state index contributed by atoms with van der Waals surface area (Å²) in [6.45, 7) is 0. The molecule has 1 aromatic carbocycles. The summed E-state index contributed by atoms with van der Waals surface area (Å²) < 4.78 is 0.121.